The van der Waals surface area contributed by atoms with Crippen LogP contribution < -0.4 is 14.4 Å². The first kappa shape index (κ1) is 16.6. The van der Waals surface area contributed by atoms with Crippen LogP contribution in [0.4, 0.5) is 5.69 Å². The lowest BCUT2D eigenvalue weighted by molar-refractivity contribution is 0.0552. The Bertz CT molecular complexity index is 907. The van der Waals surface area contributed by atoms with Gasteiger partial charge in [0.15, 0.2) is 11.5 Å². The molecule has 1 atom stereocenters. The van der Waals surface area contributed by atoms with E-state index in [2.05, 4.69) is 30.9 Å². The molecule has 4 rings (SSSR count). The van der Waals surface area contributed by atoms with Crippen molar-refractivity contribution in [1.29, 1.82) is 0 Å². The van der Waals surface area contributed by atoms with Gasteiger partial charge >= 0.3 is 0 Å². The molecule has 2 aliphatic rings. The van der Waals surface area contributed by atoms with Crippen LogP contribution in [0, 0.1) is 0 Å². The summed E-state index contributed by atoms with van der Waals surface area (Å²) in [6.07, 6.45) is 4.15. The molecule has 3 nitrogen and oxygen atoms in total. The second kappa shape index (κ2) is 5.33. The molecule has 0 fully saturated rings. The van der Waals surface area contributed by atoms with Gasteiger partial charge in [-0.05, 0) is 55.8 Å². The summed E-state index contributed by atoms with van der Waals surface area (Å²) < 4.78 is 12.1. The Morgan fingerprint density at radius 3 is 2.56 bits per heavy atom. The molecule has 0 aliphatic carbocycles. The molecule has 2 aromatic rings. The molecule has 2 heterocycles. The lowest BCUT2D eigenvalue weighted by atomic mass is 9.76. The van der Waals surface area contributed by atoms with Crippen molar-refractivity contribution in [1.82, 2.24) is 0 Å². The second-order valence-electron chi connectivity index (χ2n) is 7.00. The number of nitrogens with zero attached hydrogens (tertiary/aromatic N) is 1. The highest BCUT2D eigenvalue weighted by Gasteiger charge is 2.58. The van der Waals surface area contributed by atoms with E-state index in [-0.39, 0.29) is 5.41 Å². The van der Waals surface area contributed by atoms with Crippen LogP contribution in [0.1, 0.15) is 25.0 Å². The molecule has 0 saturated carbocycles. The maximum absolute atomic E-state index is 6.62. The molecule has 0 saturated heterocycles. The first-order valence-corrected chi connectivity index (χ1v) is 8.85. The average Bonchev–Trinajstić information content (AvgIpc) is 2.73. The fourth-order valence-corrected chi connectivity index (χ4v) is 4.36. The quantitative estimate of drug-likeness (QED) is 0.653. The van der Waals surface area contributed by atoms with Crippen molar-refractivity contribution in [3.8, 4) is 11.5 Å². The summed E-state index contributed by atoms with van der Waals surface area (Å²) in [5.41, 5.74) is 2.18. The van der Waals surface area contributed by atoms with Crippen molar-refractivity contribution in [2.45, 2.75) is 25.0 Å². The van der Waals surface area contributed by atoms with E-state index < -0.39 is 5.72 Å². The fourth-order valence-electron chi connectivity index (χ4n) is 3.97. The van der Waals surface area contributed by atoms with Crippen LogP contribution in [0.25, 0.3) is 6.08 Å². The summed E-state index contributed by atoms with van der Waals surface area (Å²) in [7, 11) is 3.66. The van der Waals surface area contributed by atoms with Crippen LogP contribution >= 0.6 is 23.2 Å². The minimum absolute atomic E-state index is 0.319. The number of halogens is 2. The fraction of sp³-hybridized carbons (Fsp3) is 0.300. The Hall–Kier alpha value is -1.84. The smallest absolute Gasteiger partial charge is 0.212 e. The third kappa shape index (κ3) is 2.12. The van der Waals surface area contributed by atoms with Crippen LogP contribution in [0.15, 0.2) is 36.4 Å². The Morgan fingerprint density at radius 1 is 1.08 bits per heavy atom. The van der Waals surface area contributed by atoms with Gasteiger partial charge in [-0.15, -0.1) is 0 Å². The number of fused-ring (bicyclic) bond motifs is 2. The van der Waals surface area contributed by atoms with E-state index in [0.717, 1.165) is 21.8 Å². The summed E-state index contributed by atoms with van der Waals surface area (Å²) in [4.78, 5) is 2.16. The van der Waals surface area contributed by atoms with Gasteiger partial charge in [0, 0.05) is 34.4 Å². The Balaban J connectivity index is 1.91. The van der Waals surface area contributed by atoms with E-state index in [1.807, 2.05) is 31.3 Å². The van der Waals surface area contributed by atoms with E-state index in [9.17, 15) is 0 Å². The van der Waals surface area contributed by atoms with Gasteiger partial charge in [0.05, 0.1) is 12.5 Å². The van der Waals surface area contributed by atoms with E-state index in [1.165, 1.54) is 0 Å². The number of likely N-dealkylation sites (N-methyl/N-ethyl adjacent to an activating group) is 1. The van der Waals surface area contributed by atoms with Crippen LogP contribution in [0.3, 0.4) is 0 Å². The third-order valence-electron chi connectivity index (χ3n) is 5.40. The van der Waals surface area contributed by atoms with Crippen LogP contribution in [-0.2, 0) is 5.41 Å². The van der Waals surface area contributed by atoms with Crippen molar-refractivity contribution in [3.63, 3.8) is 0 Å². The average molecular weight is 376 g/mol. The lowest BCUT2D eigenvalue weighted by Gasteiger charge is -2.46. The van der Waals surface area contributed by atoms with Gasteiger partial charge in [-0.3, -0.25) is 0 Å². The third-order valence-corrected chi connectivity index (χ3v) is 5.86. The monoisotopic (exact) mass is 375 g/mol. The second-order valence-corrected chi connectivity index (χ2v) is 7.88. The standard InChI is InChI=1S/C20H19Cl2NO2/c1-19(2)15-10-13(21)5-6-16(15)23(3)20(19)8-7-12-9-14(22)11-17(24-4)18(12)25-20/h5-11H,1-4H3. The maximum atomic E-state index is 6.62. The largest absolute Gasteiger partial charge is 0.493 e. The molecular formula is C20H19Cl2NO2. The minimum atomic E-state index is -0.672. The van der Waals surface area contributed by atoms with Crippen molar-refractivity contribution >= 4 is 35.0 Å². The zero-order chi connectivity index (χ0) is 18.0. The lowest BCUT2D eigenvalue weighted by Crippen LogP contribution is -2.58. The normalized spacial score (nSPS) is 22.6. The van der Waals surface area contributed by atoms with Crippen LogP contribution in [0.2, 0.25) is 10.0 Å². The van der Waals surface area contributed by atoms with Gasteiger partial charge in [0.2, 0.25) is 5.72 Å². The highest BCUT2D eigenvalue weighted by atomic mass is 35.5. The summed E-state index contributed by atoms with van der Waals surface area (Å²) in [5, 5.41) is 1.34. The Kier molecular flexibility index (Phi) is 3.54. The summed E-state index contributed by atoms with van der Waals surface area (Å²) in [6.45, 7) is 4.34. The van der Waals surface area contributed by atoms with E-state index in [4.69, 9.17) is 32.7 Å². The van der Waals surface area contributed by atoms with Crippen molar-refractivity contribution in [2.75, 3.05) is 19.1 Å². The molecule has 5 heteroatoms. The molecule has 1 spiro atoms. The topological polar surface area (TPSA) is 21.7 Å². The predicted molar refractivity (Wildman–Crippen MR) is 103 cm³/mol. The van der Waals surface area contributed by atoms with Crippen molar-refractivity contribution < 1.29 is 9.47 Å². The van der Waals surface area contributed by atoms with Crippen molar-refractivity contribution in [2.24, 2.45) is 0 Å². The molecule has 0 aromatic heterocycles. The van der Waals surface area contributed by atoms with Crippen molar-refractivity contribution in [3.05, 3.63) is 57.6 Å². The van der Waals surface area contributed by atoms with Gasteiger partial charge in [-0.1, -0.05) is 23.2 Å². The molecule has 0 amide bonds. The molecular weight excluding hydrogens is 357 g/mol. The predicted octanol–water partition coefficient (Wildman–Crippen LogP) is 5.53. The first-order chi connectivity index (χ1) is 11.8. The number of hydrogen-bond acceptors (Lipinski definition) is 3. The van der Waals surface area contributed by atoms with Crippen LogP contribution in [-0.4, -0.2) is 19.9 Å². The highest BCUT2D eigenvalue weighted by Crippen LogP contribution is 2.56. The number of rotatable bonds is 1. The number of methoxy groups -OCH3 is 1. The van der Waals surface area contributed by atoms with E-state index >= 15 is 0 Å². The van der Waals surface area contributed by atoms with Crippen LogP contribution in [0.5, 0.6) is 11.5 Å². The summed E-state index contributed by atoms with van der Waals surface area (Å²) in [6, 6.07) is 9.63. The molecule has 2 aromatic carbocycles. The zero-order valence-electron chi connectivity index (χ0n) is 14.6. The first-order valence-electron chi connectivity index (χ1n) is 8.10. The molecule has 0 radical (unpaired) electrons. The molecule has 25 heavy (non-hydrogen) atoms. The number of ether oxygens (including phenoxy) is 2. The van der Waals surface area contributed by atoms with Gasteiger partial charge in [0.1, 0.15) is 0 Å². The van der Waals surface area contributed by atoms with Gasteiger partial charge in [0.25, 0.3) is 0 Å². The SMILES string of the molecule is COc1cc(Cl)cc2c1OC1(C=C2)N(C)c2ccc(Cl)cc2C1(C)C. The van der Waals surface area contributed by atoms with Gasteiger partial charge in [-0.25, -0.2) is 0 Å². The Labute approximate surface area is 157 Å². The van der Waals surface area contributed by atoms with E-state index in [0.29, 0.717) is 16.5 Å². The maximum Gasteiger partial charge on any atom is 0.212 e. The Morgan fingerprint density at radius 2 is 1.84 bits per heavy atom. The summed E-state index contributed by atoms with van der Waals surface area (Å²) in [5.74, 6) is 1.33. The van der Waals surface area contributed by atoms with Gasteiger partial charge < -0.3 is 14.4 Å². The molecule has 130 valence electrons. The minimum Gasteiger partial charge on any atom is -0.493 e. The summed E-state index contributed by atoms with van der Waals surface area (Å²) >= 11 is 12.5. The number of anilines is 1. The highest BCUT2D eigenvalue weighted by molar-refractivity contribution is 6.31. The number of benzene rings is 2. The molecule has 0 bridgehead atoms. The molecule has 2 aliphatic heterocycles. The molecule has 0 N–H and O–H groups in total. The zero-order valence-corrected chi connectivity index (χ0v) is 16.1. The van der Waals surface area contributed by atoms with E-state index in [1.54, 1.807) is 13.2 Å². The van der Waals surface area contributed by atoms with Gasteiger partial charge in [-0.2, -0.15) is 0 Å². The molecule has 1 unspecified atom stereocenters. The number of hydrogen-bond donors (Lipinski definition) is 0.